The Bertz CT molecular complexity index is 759. The summed E-state index contributed by atoms with van der Waals surface area (Å²) in [4.78, 5) is 10.8. The van der Waals surface area contributed by atoms with Crippen LogP contribution in [-0.4, -0.2) is 10.9 Å². The zero-order chi connectivity index (χ0) is 13.9. The van der Waals surface area contributed by atoms with Gasteiger partial charge in [0.15, 0.2) is 0 Å². The average molecular weight is 264 g/mol. The van der Waals surface area contributed by atoms with Gasteiger partial charge in [0.05, 0.1) is 0 Å². The third kappa shape index (κ3) is 2.18. The van der Waals surface area contributed by atoms with Crippen LogP contribution < -0.4 is 5.73 Å². The molecule has 1 aromatic heterocycles. The summed E-state index contributed by atoms with van der Waals surface area (Å²) in [6, 6.07) is 16.0. The van der Waals surface area contributed by atoms with E-state index in [2.05, 4.69) is 16.7 Å². The molecule has 0 aliphatic carbocycles. The van der Waals surface area contributed by atoms with Crippen molar-refractivity contribution in [2.45, 2.75) is 13.0 Å². The number of benzene rings is 2. The minimum Gasteiger partial charge on any atom is -0.398 e. The Morgan fingerprint density at radius 1 is 1.00 bits per heavy atom. The summed E-state index contributed by atoms with van der Waals surface area (Å²) in [6.45, 7) is 0.714. The summed E-state index contributed by atoms with van der Waals surface area (Å²) in [6.07, 6.45) is 3.44. The van der Waals surface area contributed by atoms with E-state index < -0.39 is 0 Å². The van der Waals surface area contributed by atoms with Gasteiger partial charge in [0.25, 0.3) is 0 Å². The van der Waals surface area contributed by atoms with Crippen LogP contribution in [0.1, 0.15) is 11.1 Å². The highest BCUT2D eigenvalue weighted by atomic mass is 16.1. The van der Waals surface area contributed by atoms with E-state index in [-0.39, 0.29) is 0 Å². The molecule has 0 saturated carbocycles. The topological polar surface area (TPSA) is 48.0 Å². The number of rotatable bonds is 4. The fourth-order valence-corrected chi connectivity index (χ4v) is 2.57. The number of para-hydroxylation sites is 2. The number of carbonyl (C=O) groups excluding carboxylic acids is 1. The van der Waals surface area contributed by atoms with E-state index in [1.165, 1.54) is 0 Å². The first-order valence-electron chi connectivity index (χ1n) is 6.63. The second kappa shape index (κ2) is 5.21. The second-order valence-corrected chi connectivity index (χ2v) is 4.87. The van der Waals surface area contributed by atoms with Crippen LogP contribution in [0.25, 0.3) is 10.9 Å². The molecule has 0 unspecified atom stereocenters. The molecule has 0 fully saturated rings. The van der Waals surface area contributed by atoms with Crippen molar-refractivity contribution in [3.8, 4) is 0 Å². The number of carbonyl (C=O) groups is 1. The van der Waals surface area contributed by atoms with Gasteiger partial charge in [0.1, 0.15) is 6.29 Å². The molecule has 3 aromatic rings. The molecular weight excluding hydrogens is 248 g/mol. The van der Waals surface area contributed by atoms with Gasteiger partial charge >= 0.3 is 0 Å². The Kier molecular flexibility index (Phi) is 3.25. The predicted molar refractivity (Wildman–Crippen MR) is 81.7 cm³/mol. The molecule has 0 aliphatic heterocycles. The van der Waals surface area contributed by atoms with Gasteiger partial charge in [-0.1, -0.05) is 36.4 Å². The van der Waals surface area contributed by atoms with Crippen LogP contribution in [0.4, 0.5) is 5.69 Å². The lowest BCUT2D eigenvalue weighted by atomic mass is 10.1. The Hall–Kier alpha value is -2.55. The second-order valence-electron chi connectivity index (χ2n) is 4.87. The van der Waals surface area contributed by atoms with Crippen molar-refractivity contribution in [1.82, 2.24) is 4.57 Å². The van der Waals surface area contributed by atoms with Crippen molar-refractivity contribution >= 4 is 22.9 Å². The van der Waals surface area contributed by atoms with Gasteiger partial charge in [-0.2, -0.15) is 0 Å². The summed E-state index contributed by atoms with van der Waals surface area (Å²) in [5.41, 5.74) is 10.1. The maximum atomic E-state index is 10.8. The van der Waals surface area contributed by atoms with Crippen LogP contribution in [0.3, 0.4) is 0 Å². The van der Waals surface area contributed by atoms with Gasteiger partial charge in [-0.05, 0) is 23.3 Å². The van der Waals surface area contributed by atoms with Crippen LogP contribution in [0, 0.1) is 0 Å². The highest BCUT2D eigenvalue weighted by Gasteiger charge is 2.08. The third-order valence-electron chi connectivity index (χ3n) is 3.57. The number of nitrogen functional groups attached to an aromatic ring is 1. The van der Waals surface area contributed by atoms with Crippen molar-refractivity contribution in [1.29, 1.82) is 0 Å². The molecule has 0 radical (unpaired) electrons. The summed E-state index contributed by atoms with van der Waals surface area (Å²) in [7, 11) is 0. The van der Waals surface area contributed by atoms with Crippen LogP contribution in [-0.2, 0) is 17.8 Å². The fourth-order valence-electron chi connectivity index (χ4n) is 2.57. The van der Waals surface area contributed by atoms with Crippen molar-refractivity contribution in [3.05, 3.63) is 65.9 Å². The summed E-state index contributed by atoms with van der Waals surface area (Å²) >= 11 is 0. The molecule has 0 spiro atoms. The van der Waals surface area contributed by atoms with Gasteiger partial charge in [0, 0.05) is 35.8 Å². The first-order chi connectivity index (χ1) is 9.79. The minimum absolute atomic E-state index is 0.442. The number of aromatic nitrogens is 1. The lowest BCUT2D eigenvalue weighted by molar-refractivity contribution is -0.107. The lowest BCUT2D eigenvalue weighted by Crippen LogP contribution is -2.01. The van der Waals surface area contributed by atoms with Gasteiger partial charge in [-0.25, -0.2) is 0 Å². The molecule has 3 rings (SSSR count). The number of hydrogen-bond donors (Lipinski definition) is 1. The maximum Gasteiger partial charge on any atom is 0.124 e. The summed E-state index contributed by atoms with van der Waals surface area (Å²) in [5.74, 6) is 0. The standard InChI is InChI=1S/C17H16N2O/c18-16-7-3-1-5-14(16)12-19-11-13(9-10-20)15-6-2-4-8-17(15)19/h1-8,10-11H,9,12,18H2. The predicted octanol–water partition coefficient (Wildman–Crippen LogP) is 3.01. The summed E-state index contributed by atoms with van der Waals surface area (Å²) < 4.78 is 2.15. The lowest BCUT2D eigenvalue weighted by Gasteiger charge is -2.08. The van der Waals surface area contributed by atoms with Gasteiger partial charge < -0.3 is 15.1 Å². The molecular formula is C17H16N2O. The zero-order valence-electron chi connectivity index (χ0n) is 11.1. The van der Waals surface area contributed by atoms with E-state index in [0.717, 1.165) is 34.0 Å². The van der Waals surface area contributed by atoms with E-state index in [9.17, 15) is 4.79 Å². The number of fused-ring (bicyclic) bond motifs is 1. The Balaban J connectivity index is 2.08. The van der Waals surface area contributed by atoms with Gasteiger partial charge in [-0.15, -0.1) is 0 Å². The molecule has 20 heavy (non-hydrogen) atoms. The number of nitrogens with two attached hydrogens (primary N) is 1. The molecule has 3 nitrogen and oxygen atoms in total. The van der Waals surface area contributed by atoms with Gasteiger partial charge in [0.2, 0.25) is 0 Å². The molecule has 0 saturated heterocycles. The molecule has 3 heteroatoms. The minimum atomic E-state index is 0.442. The van der Waals surface area contributed by atoms with Crippen LogP contribution in [0.5, 0.6) is 0 Å². The molecule has 0 atom stereocenters. The SMILES string of the molecule is Nc1ccccc1Cn1cc(CC=O)c2ccccc21. The molecule has 2 N–H and O–H groups in total. The quantitative estimate of drug-likeness (QED) is 0.581. The van der Waals surface area contributed by atoms with E-state index in [1.807, 2.05) is 42.6 Å². The third-order valence-corrected chi connectivity index (χ3v) is 3.57. The fraction of sp³-hybridized carbons (Fsp3) is 0.118. The average Bonchev–Trinajstić information content (AvgIpc) is 2.81. The smallest absolute Gasteiger partial charge is 0.124 e. The highest BCUT2D eigenvalue weighted by Crippen LogP contribution is 2.23. The van der Waals surface area contributed by atoms with Crippen molar-refractivity contribution in [2.75, 3.05) is 5.73 Å². The molecule has 0 bridgehead atoms. The molecule has 1 heterocycles. The van der Waals surface area contributed by atoms with E-state index in [1.54, 1.807) is 0 Å². The number of hydrogen-bond acceptors (Lipinski definition) is 2. The van der Waals surface area contributed by atoms with Crippen LogP contribution in [0.2, 0.25) is 0 Å². The Morgan fingerprint density at radius 3 is 2.55 bits per heavy atom. The van der Waals surface area contributed by atoms with Crippen LogP contribution >= 0.6 is 0 Å². The molecule has 0 amide bonds. The first kappa shape index (κ1) is 12.5. The van der Waals surface area contributed by atoms with Gasteiger partial charge in [-0.3, -0.25) is 0 Å². The molecule has 100 valence electrons. The van der Waals surface area contributed by atoms with E-state index in [4.69, 9.17) is 5.73 Å². The van der Waals surface area contributed by atoms with Crippen LogP contribution in [0.15, 0.2) is 54.7 Å². The zero-order valence-corrected chi connectivity index (χ0v) is 11.1. The van der Waals surface area contributed by atoms with E-state index >= 15 is 0 Å². The van der Waals surface area contributed by atoms with Crippen molar-refractivity contribution < 1.29 is 4.79 Å². The molecule has 0 aliphatic rings. The number of nitrogens with zero attached hydrogens (tertiary/aromatic N) is 1. The van der Waals surface area contributed by atoms with Crippen molar-refractivity contribution in [2.24, 2.45) is 0 Å². The van der Waals surface area contributed by atoms with E-state index in [0.29, 0.717) is 13.0 Å². The Labute approximate surface area is 117 Å². The monoisotopic (exact) mass is 264 g/mol. The highest BCUT2D eigenvalue weighted by molar-refractivity contribution is 5.86. The maximum absolute atomic E-state index is 10.8. The number of aldehydes is 1. The Morgan fingerprint density at radius 2 is 1.75 bits per heavy atom. The first-order valence-corrected chi connectivity index (χ1v) is 6.63. The van der Waals surface area contributed by atoms with Crippen molar-refractivity contribution in [3.63, 3.8) is 0 Å². The largest absolute Gasteiger partial charge is 0.398 e. The summed E-state index contributed by atoms with van der Waals surface area (Å²) in [5, 5.41) is 1.13. The number of anilines is 1. The normalized spacial score (nSPS) is 10.8. The molecule has 2 aromatic carbocycles.